The van der Waals surface area contributed by atoms with E-state index < -0.39 is 12.0 Å². The predicted molar refractivity (Wildman–Crippen MR) is 74.8 cm³/mol. The number of rotatable bonds is 3. The van der Waals surface area contributed by atoms with E-state index in [0.29, 0.717) is 36.8 Å². The Balaban J connectivity index is 1.94. The third kappa shape index (κ3) is 2.85. The average Bonchev–Trinajstić information content (AvgIpc) is 2.67. The molecule has 1 aliphatic heterocycles. The van der Waals surface area contributed by atoms with E-state index in [2.05, 4.69) is 9.97 Å². The second-order valence-electron chi connectivity index (χ2n) is 4.76. The molecule has 0 saturated heterocycles. The quantitative estimate of drug-likeness (QED) is 0.921. The summed E-state index contributed by atoms with van der Waals surface area (Å²) in [5.41, 5.74) is 0.665. The van der Waals surface area contributed by atoms with E-state index in [-0.39, 0.29) is 0 Å². The van der Waals surface area contributed by atoms with Crippen molar-refractivity contribution >= 4 is 5.97 Å². The molecule has 0 aliphatic carbocycles. The summed E-state index contributed by atoms with van der Waals surface area (Å²) in [6.07, 6.45) is 3.31. The van der Waals surface area contributed by atoms with Gasteiger partial charge in [-0.1, -0.05) is 18.2 Å². The maximum atomic E-state index is 11.7. The van der Waals surface area contributed by atoms with Crippen LogP contribution in [0.15, 0.2) is 42.7 Å². The SMILES string of the molecule is O=C(O)C1c2ccccc2OCCN1Cc1ncccn1. The molecule has 6 heteroatoms. The van der Waals surface area contributed by atoms with Crippen molar-refractivity contribution in [1.29, 1.82) is 0 Å². The van der Waals surface area contributed by atoms with Crippen LogP contribution in [0.1, 0.15) is 17.4 Å². The number of hydrogen-bond acceptors (Lipinski definition) is 5. The smallest absolute Gasteiger partial charge is 0.325 e. The van der Waals surface area contributed by atoms with Gasteiger partial charge in [-0.25, -0.2) is 9.97 Å². The number of carboxylic acid groups (broad SMARTS) is 1. The lowest BCUT2D eigenvalue weighted by Crippen LogP contribution is -2.35. The number of carboxylic acids is 1. The van der Waals surface area contributed by atoms with E-state index in [1.807, 2.05) is 17.0 Å². The van der Waals surface area contributed by atoms with Crippen molar-refractivity contribution in [3.8, 4) is 5.75 Å². The fourth-order valence-electron chi connectivity index (χ4n) is 2.49. The molecule has 6 nitrogen and oxygen atoms in total. The largest absolute Gasteiger partial charge is 0.492 e. The third-order valence-electron chi connectivity index (χ3n) is 3.41. The summed E-state index contributed by atoms with van der Waals surface area (Å²) in [4.78, 5) is 21.9. The van der Waals surface area contributed by atoms with Crippen LogP contribution in [0.3, 0.4) is 0 Å². The zero-order valence-corrected chi connectivity index (χ0v) is 11.3. The summed E-state index contributed by atoms with van der Waals surface area (Å²) >= 11 is 0. The van der Waals surface area contributed by atoms with Gasteiger partial charge < -0.3 is 9.84 Å². The number of ether oxygens (including phenoxy) is 1. The van der Waals surface area contributed by atoms with E-state index in [4.69, 9.17) is 4.74 Å². The first-order chi connectivity index (χ1) is 10.3. The first-order valence-electron chi connectivity index (χ1n) is 6.70. The lowest BCUT2D eigenvalue weighted by Gasteiger charge is -2.25. The molecule has 0 radical (unpaired) electrons. The minimum absolute atomic E-state index is 0.371. The van der Waals surface area contributed by atoms with Crippen molar-refractivity contribution in [2.45, 2.75) is 12.6 Å². The highest BCUT2D eigenvalue weighted by molar-refractivity contribution is 5.76. The van der Waals surface area contributed by atoms with Crippen molar-refractivity contribution in [2.24, 2.45) is 0 Å². The molecule has 0 saturated carbocycles. The van der Waals surface area contributed by atoms with Crippen LogP contribution in [0.5, 0.6) is 5.75 Å². The Hall–Kier alpha value is -2.47. The Morgan fingerprint density at radius 1 is 1.29 bits per heavy atom. The summed E-state index contributed by atoms with van der Waals surface area (Å²) in [5, 5.41) is 9.62. The number of aromatic nitrogens is 2. The number of para-hydroxylation sites is 1. The first-order valence-corrected chi connectivity index (χ1v) is 6.70. The van der Waals surface area contributed by atoms with E-state index >= 15 is 0 Å². The lowest BCUT2D eigenvalue weighted by molar-refractivity contribution is -0.143. The van der Waals surface area contributed by atoms with Gasteiger partial charge in [0.05, 0.1) is 6.54 Å². The van der Waals surface area contributed by atoms with Crippen LogP contribution in [0.4, 0.5) is 0 Å². The molecule has 0 amide bonds. The molecule has 1 unspecified atom stereocenters. The van der Waals surface area contributed by atoms with Gasteiger partial charge in [0.25, 0.3) is 0 Å². The molecule has 1 N–H and O–H groups in total. The van der Waals surface area contributed by atoms with Gasteiger partial charge in [0.2, 0.25) is 0 Å². The minimum atomic E-state index is -0.899. The van der Waals surface area contributed by atoms with E-state index in [9.17, 15) is 9.90 Å². The molecule has 0 spiro atoms. The molecule has 0 bridgehead atoms. The van der Waals surface area contributed by atoms with Crippen molar-refractivity contribution in [3.05, 3.63) is 54.1 Å². The number of hydrogen-bond donors (Lipinski definition) is 1. The van der Waals surface area contributed by atoms with E-state index in [1.54, 1.807) is 30.6 Å². The van der Waals surface area contributed by atoms with Gasteiger partial charge in [-0.05, 0) is 12.1 Å². The van der Waals surface area contributed by atoms with Crippen LogP contribution in [-0.4, -0.2) is 39.1 Å². The molecule has 1 aromatic heterocycles. The predicted octanol–water partition coefficient (Wildman–Crippen LogP) is 1.50. The summed E-state index contributed by atoms with van der Waals surface area (Å²) in [6.45, 7) is 1.31. The molecule has 1 aliphatic rings. The first kappa shape index (κ1) is 13.5. The van der Waals surface area contributed by atoms with Gasteiger partial charge in [-0.3, -0.25) is 9.69 Å². The fourth-order valence-corrected chi connectivity index (χ4v) is 2.49. The maximum Gasteiger partial charge on any atom is 0.325 e. The summed E-state index contributed by atoms with van der Waals surface area (Å²) in [7, 11) is 0. The van der Waals surface area contributed by atoms with Gasteiger partial charge in [-0.15, -0.1) is 0 Å². The van der Waals surface area contributed by atoms with Crippen molar-refractivity contribution in [3.63, 3.8) is 0 Å². The van der Waals surface area contributed by atoms with Crippen LogP contribution in [0.25, 0.3) is 0 Å². The molecular formula is C15H15N3O3. The zero-order chi connectivity index (χ0) is 14.7. The minimum Gasteiger partial charge on any atom is -0.492 e. The van der Waals surface area contributed by atoms with Gasteiger partial charge in [0.1, 0.15) is 24.2 Å². The molecule has 3 rings (SSSR count). The van der Waals surface area contributed by atoms with Crippen molar-refractivity contribution in [1.82, 2.24) is 14.9 Å². The van der Waals surface area contributed by atoms with Gasteiger partial charge in [-0.2, -0.15) is 0 Å². The molecule has 2 aromatic rings. The molecule has 1 atom stereocenters. The van der Waals surface area contributed by atoms with Crippen LogP contribution in [-0.2, 0) is 11.3 Å². The fraction of sp³-hybridized carbons (Fsp3) is 0.267. The third-order valence-corrected chi connectivity index (χ3v) is 3.41. The summed E-state index contributed by atoms with van der Waals surface area (Å²) < 4.78 is 5.65. The number of carbonyl (C=O) groups is 1. The van der Waals surface area contributed by atoms with Crippen LogP contribution < -0.4 is 4.74 Å². The molecule has 21 heavy (non-hydrogen) atoms. The average molecular weight is 285 g/mol. The molecule has 0 fully saturated rings. The second-order valence-corrected chi connectivity index (χ2v) is 4.76. The zero-order valence-electron chi connectivity index (χ0n) is 11.3. The highest BCUT2D eigenvalue weighted by atomic mass is 16.5. The highest BCUT2D eigenvalue weighted by Gasteiger charge is 2.32. The van der Waals surface area contributed by atoms with E-state index in [0.717, 1.165) is 0 Å². The molecule has 108 valence electrons. The van der Waals surface area contributed by atoms with Crippen LogP contribution in [0.2, 0.25) is 0 Å². The summed E-state index contributed by atoms with van der Waals surface area (Å²) in [6, 6.07) is 8.23. The Kier molecular flexibility index (Phi) is 3.79. The van der Waals surface area contributed by atoms with Gasteiger partial charge in [0, 0.05) is 24.5 Å². The monoisotopic (exact) mass is 285 g/mol. The molecular weight excluding hydrogens is 270 g/mol. The second kappa shape index (κ2) is 5.88. The maximum absolute atomic E-state index is 11.7. The number of nitrogens with zero attached hydrogens (tertiary/aromatic N) is 3. The number of fused-ring (bicyclic) bond motifs is 1. The van der Waals surface area contributed by atoms with E-state index in [1.165, 1.54) is 0 Å². The summed E-state index contributed by atoms with van der Waals surface area (Å²) in [5.74, 6) is 0.327. The number of aliphatic carboxylic acids is 1. The van der Waals surface area contributed by atoms with Gasteiger partial charge >= 0.3 is 5.97 Å². The lowest BCUT2D eigenvalue weighted by atomic mass is 10.0. The standard InChI is InChI=1S/C15H15N3O3/c19-15(20)14-11-4-1-2-5-12(11)21-9-8-18(14)10-13-16-6-3-7-17-13/h1-7,14H,8-10H2,(H,19,20). The molecule has 1 aromatic carbocycles. The Bertz CT molecular complexity index is 633. The highest BCUT2D eigenvalue weighted by Crippen LogP contribution is 2.32. The molecule has 2 heterocycles. The normalized spacial score (nSPS) is 18.4. The Morgan fingerprint density at radius 3 is 2.81 bits per heavy atom. The Morgan fingerprint density at radius 2 is 2.05 bits per heavy atom. The number of benzene rings is 1. The Labute approximate surface area is 122 Å². The topological polar surface area (TPSA) is 75.6 Å². The van der Waals surface area contributed by atoms with Crippen molar-refractivity contribution in [2.75, 3.05) is 13.2 Å². The van der Waals surface area contributed by atoms with Crippen LogP contribution >= 0.6 is 0 Å². The van der Waals surface area contributed by atoms with Crippen LogP contribution in [0, 0.1) is 0 Å². The van der Waals surface area contributed by atoms with Gasteiger partial charge in [0.15, 0.2) is 0 Å². The van der Waals surface area contributed by atoms with Crippen molar-refractivity contribution < 1.29 is 14.6 Å².